The summed E-state index contributed by atoms with van der Waals surface area (Å²) in [5, 5.41) is 3.88. The zero-order valence-corrected chi connectivity index (χ0v) is 11.6. The van der Waals surface area contributed by atoms with Crippen molar-refractivity contribution in [1.29, 1.82) is 0 Å². The lowest BCUT2D eigenvalue weighted by molar-refractivity contribution is 0.0299. The standard InChI is InChI=1S/C12H13BrN2O4/c13-10-3-1-2-4-11(10)17-6-8-5-9(19-15-8)7-18-12(14)16/h1-4,9H,5-7H2,(H2,14,16). The highest BCUT2D eigenvalue weighted by atomic mass is 79.9. The molecule has 1 heterocycles. The van der Waals surface area contributed by atoms with Crippen LogP contribution in [0.3, 0.4) is 0 Å². The third kappa shape index (κ3) is 4.13. The molecule has 0 fully saturated rings. The van der Waals surface area contributed by atoms with Crippen LogP contribution >= 0.6 is 15.9 Å². The van der Waals surface area contributed by atoms with E-state index < -0.39 is 6.09 Å². The molecule has 2 N–H and O–H groups in total. The molecule has 0 saturated heterocycles. The summed E-state index contributed by atoms with van der Waals surface area (Å²) in [7, 11) is 0. The van der Waals surface area contributed by atoms with E-state index in [1.807, 2.05) is 24.3 Å². The molecule has 19 heavy (non-hydrogen) atoms. The van der Waals surface area contributed by atoms with Crippen molar-refractivity contribution < 1.29 is 19.1 Å². The number of ether oxygens (including phenoxy) is 2. The Kier molecular flexibility index (Phi) is 4.62. The fourth-order valence-corrected chi connectivity index (χ4v) is 1.96. The van der Waals surface area contributed by atoms with E-state index in [-0.39, 0.29) is 12.7 Å². The molecule has 0 bridgehead atoms. The largest absolute Gasteiger partial charge is 0.486 e. The van der Waals surface area contributed by atoms with E-state index in [2.05, 4.69) is 25.8 Å². The van der Waals surface area contributed by atoms with Gasteiger partial charge in [0.25, 0.3) is 0 Å². The summed E-state index contributed by atoms with van der Waals surface area (Å²) < 4.78 is 11.1. The van der Waals surface area contributed by atoms with E-state index >= 15 is 0 Å². The van der Waals surface area contributed by atoms with Gasteiger partial charge in [-0.3, -0.25) is 0 Å². The second kappa shape index (κ2) is 6.42. The van der Waals surface area contributed by atoms with Crippen molar-refractivity contribution in [1.82, 2.24) is 0 Å². The molecular weight excluding hydrogens is 316 g/mol. The zero-order valence-electron chi connectivity index (χ0n) is 10.0. The second-order valence-electron chi connectivity index (χ2n) is 3.94. The van der Waals surface area contributed by atoms with Crippen LogP contribution in [0.15, 0.2) is 33.9 Å². The highest BCUT2D eigenvalue weighted by Gasteiger charge is 2.22. The molecule has 1 aliphatic heterocycles. The van der Waals surface area contributed by atoms with Crippen LogP contribution in [0.4, 0.5) is 4.79 Å². The third-order valence-corrected chi connectivity index (χ3v) is 3.09. The maximum Gasteiger partial charge on any atom is 0.404 e. The highest BCUT2D eigenvalue weighted by molar-refractivity contribution is 9.10. The van der Waals surface area contributed by atoms with Crippen molar-refractivity contribution in [3.05, 3.63) is 28.7 Å². The van der Waals surface area contributed by atoms with Crippen molar-refractivity contribution in [2.45, 2.75) is 12.5 Å². The van der Waals surface area contributed by atoms with Crippen molar-refractivity contribution in [3.8, 4) is 5.75 Å². The SMILES string of the molecule is NC(=O)OCC1CC(COc2ccccc2Br)=NO1. The summed E-state index contributed by atoms with van der Waals surface area (Å²) in [5.41, 5.74) is 5.63. The minimum absolute atomic E-state index is 0.0946. The molecule has 7 heteroatoms. The minimum atomic E-state index is -0.818. The number of carbonyl (C=O) groups excluding carboxylic acids is 1. The van der Waals surface area contributed by atoms with Gasteiger partial charge >= 0.3 is 6.09 Å². The number of nitrogens with two attached hydrogens (primary N) is 1. The Hall–Kier alpha value is -1.76. The van der Waals surface area contributed by atoms with Crippen LogP contribution in [0, 0.1) is 0 Å². The topological polar surface area (TPSA) is 83.1 Å². The number of primary amides is 1. The summed E-state index contributed by atoms with van der Waals surface area (Å²) in [5.74, 6) is 0.738. The van der Waals surface area contributed by atoms with Gasteiger partial charge in [-0.2, -0.15) is 0 Å². The van der Waals surface area contributed by atoms with Gasteiger partial charge in [-0.15, -0.1) is 0 Å². The molecule has 6 nitrogen and oxygen atoms in total. The summed E-state index contributed by atoms with van der Waals surface area (Å²) >= 11 is 3.39. The van der Waals surface area contributed by atoms with Gasteiger partial charge in [0.2, 0.25) is 0 Å². The molecule has 1 amide bonds. The second-order valence-corrected chi connectivity index (χ2v) is 4.79. The Morgan fingerprint density at radius 3 is 3.05 bits per heavy atom. The van der Waals surface area contributed by atoms with Crippen molar-refractivity contribution >= 4 is 27.7 Å². The number of hydrogen-bond acceptors (Lipinski definition) is 5. The average Bonchev–Trinajstić information content (AvgIpc) is 2.83. The predicted octanol–water partition coefficient (Wildman–Crippen LogP) is 2.07. The first-order valence-electron chi connectivity index (χ1n) is 5.66. The molecule has 1 aromatic rings. The van der Waals surface area contributed by atoms with Gasteiger partial charge in [0, 0.05) is 6.42 Å². The quantitative estimate of drug-likeness (QED) is 0.896. The Morgan fingerprint density at radius 1 is 1.53 bits per heavy atom. The predicted molar refractivity (Wildman–Crippen MR) is 72.1 cm³/mol. The molecule has 2 rings (SSSR count). The minimum Gasteiger partial charge on any atom is -0.486 e. The summed E-state index contributed by atoms with van der Waals surface area (Å²) in [6, 6.07) is 7.54. The van der Waals surface area contributed by atoms with Gasteiger partial charge in [0.15, 0.2) is 6.10 Å². The van der Waals surface area contributed by atoms with E-state index in [0.717, 1.165) is 15.9 Å². The van der Waals surface area contributed by atoms with Crippen LogP contribution < -0.4 is 10.5 Å². The Bertz CT molecular complexity index is 492. The Morgan fingerprint density at radius 2 is 2.32 bits per heavy atom. The Labute approximate surface area is 118 Å². The smallest absolute Gasteiger partial charge is 0.404 e. The molecule has 0 radical (unpaired) electrons. The van der Waals surface area contributed by atoms with Gasteiger partial charge < -0.3 is 20.0 Å². The molecule has 102 valence electrons. The van der Waals surface area contributed by atoms with Gasteiger partial charge in [-0.1, -0.05) is 17.3 Å². The lowest BCUT2D eigenvalue weighted by Crippen LogP contribution is -2.23. The molecule has 1 aromatic carbocycles. The van der Waals surface area contributed by atoms with Crippen LogP contribution in [0.5, 0.6) is 5.75 Å². The zero-order chi connectivity index (χ0) is 13.7. The monoisotopic (exact) mass is 328 g/mol. The molecule has 1 atom stereocenters. The molecular formula is C12H13BrN2O4. The van der Waals surface area contributed by atoms with Gasteiger partial charge in [0.1, 0.15) is 19.0 Å². The number of amides is 1. The number of benzene rings is 1. The van der Waals surface area contributed by atoms with Gasteiger partial charge in [-0.05, 0) is 28.1 Å². The summed E-state index contributed by atoms with van der Waals surface area (Å²) in [4.78, 5) is 15.6. The van der Waals surface area contributed by atoms with Crippen LogP contribution in [0.25, 0.3) is 0 Å². The maximum absolute atomic E-state index is 10.5. The summed E-state index contributed by atoms with van der Waals surface area (Å²) in [6.45, 7) is 0.424. The van der Waals surface area contributed by atoms with E-state index in [1.54, 1.807) is 0 Å². The molecule has 0 saturated carbocycles. The van der Waals surface area contributed by atoms with Gasteiger partial charge in [-0.25, -0.2) is 4.79 Å². The lowest BCUT2D eigenvalue weighted by Gasteiger charge is -2.08. The average molecular weight is 329 g/mol. The van der Waals surface area contributed by atoms with Crippen LogP contribution in [-0.2, 0) is 9.57 Å². The first-order valence-corrected chi connectivity index (χ1v) is 6.45. The Balaban J connectivity index is 1.76. The fourth-order valence-electron chi connectivity index (χ4n) is 1.56. The molecule has 1 aliphatic rings. The van der Waals surface area contributed by atoms with E-state index in [1.165, 1.54) is 0 Å². The molecule has 0 aromatic heterocycles. The third-order valence-electron chi connectivity index (χ3n) is 2.44. The molecule has 0 aliphatic carbocycles. The molecule has 1 unspecified atom stereocenters. The number of halogens is 1. The van der Waals surface area contributed by atoms with E-state index in [9.17, 15) is 4.79 Å². The number of rotatable bonds is 5. The normalized spacial score (nSPS) is 17.5. The van der Waals surface area contributed by atoms with Crippen molar-refractivity contribution in [2.24, 2.45) is 10.9 Å². The van der Waals surface area contributed by atoms with Crippen molar-refractivity contribution in [2.75, 3.05) is 13.2 Å². The lowest BCUT2D eigenvalue weighted by atomic mass is 10.2. The van der Waals surface area contributed by atoms with Crippen LogP contribution in [0.1, 0.15) is 6.42 Å². The number of carbonyl (C=O) groups is 1. The first kappa shape index (κ1) is 13.7. The summed E-state index contributed by atoms with van der Waals surface area (Å²) in [6.07, 6.45) is -0.551. The molecule has 0 spiro atoms. The van der Waals surface area contributed by atoms with Crippen LogP contribution in [-0.4, -0.2) is 31.1 Å². The van der Waals surface area contributed by atoms with Crippen LogP contribution in [0.2, 0.25) is 0 Å². The van der Waals surface area contributed by atoms with E-state index in [0.29, 0.717) is 13.0 Å². The number of para-hydroxylation sites is 1. The maximum atomic E-state index is 10.5. The van der Waals surface area contributed by atoms with E-state index in [4.69, 9.17) is 15.3 Å². The van der Waals surface area contributed by atoms with Gasteiger partial charge in [0.05, 0.1) is 10.2 Å². The van der Waals surface area contributed by atoms with Crippen molar-refractivity contribution in [3.63, 3.8) is 0 Å². The number of nitrogens with zero attached hydrogens (tertiary/aromatic N) is 1. The number of oxime groups is 1. The number of hydrogen-bond donors (Lipinski definition) is 1. The highest BCUT2D eigenvalue weighted by Crippen LogP contribution is 2.24. The first-order chi connectivity index (χ1) is 9.15. The fraction of sp³-hybridized carbons (Fsp3) is 0.333.